The number of hydrogen-bond acceptors (Lipinski definition) is 6. The number of nitrogens with one attached hydrogen (secondary N) is 1. The zero-order chi connectivity index (χ0) is 23.2. The highest BCUT2D eigenvalue weighted by Crippen LogP contribution is 2.25. The highest BCUT2D eigenvalue weighted by Gasteiger charge is 2.34. The molecule has 7 nitrogen and oxygen atoms in total. The van der Waals surface area contributed by atoms with Crippen molar-refractivity contribution in [3.05, 3.63) is 0 Å². The number of sulfonamides is 1. The summed E-state index contributed by atoms with van der Waals surface area (Å²) in [7, 11) is -3.45. The predicted molar refractivity (Wildman–Crippen MR) is 128 cm³/mol. The summed E-state index contributed by atoms with van der Waals surface area (Å²) in [4.78, 5) is 12.3. The maximum atomic E-state index is 12.4. The van der Waals surface area contributed by atoms with Gasteiger partial charge in [-0.25, -0.2) is 8.42 Å². The van der Waals surface area contributed by atoms with Gasteiger partial charge >= 0.3 is 5.97 Å². The molecule has 0 aliphatic carbocycles. The van der Waals surface area contributed by atoms with Crippen LogP contribution in [0.3, 0.4) is 0 Å². The first-order chi connectivity index (χ1) is 13.6. The van der Waals surface area contributed by atoms with Crippen molar-refractivity contribution in [2.24, 2.45) is 11.3 Å². The fourth-order valence-corrected chi connectivity index (χ4v) is 4.90. The van der Waals surface area contributed by atoms with Crippen LogP contribution in [0.4, 0.5) is 0 Å². The smallest absolute Gasteiger partial charge is 0.305 e. The van der Waals surface area contributed by atoms with Crippen LogP contribution in [0.1, 0.15) is 74.1 Å². The Bertz CT molecular complexity index is 637. The molecule has 1 aliphatic rings. The summed E-state index contributed by atoms with van der Waals surface area (Å²) in [6.07, 6.45) is 3.96. The summed E-state index contributed by atoms with van der Waals surface area (Å²) < 4.78 is 37.9. The van der Waals surface area contributed by atoms with Crippen molar-refractivity contribution in [3.8, 4) is 0 Å². The van der Waals surface area contributed by atoms with Gasteiger partial charge in [0.25, 0.3) is 0 Å². The Morgan fingerprint density at radius 1 is 1.13 bits per heavy atom. The van der Waals surface area contributed by atoms with E-state index in [1.807, 2.05) is 27.7 Å². The second kappa shape index (κ2) is 12.7. The van der Waals surface area contributed by atoms with E-state index in [1.54, 1.807) is 0 Å². The second-order valence-corrected chi connectivity index (χ2v) is 12.6. The van der Waals surface area contributed by atoms with E-state index in [-0.39, 0.29) is 43.0 Å². The number of nitrogens with zero attached hydrogens (tertiary/aromatic N) is 1. The normalized spacial score (nSPS) is 18.4. The van der Waals surface area contributed by atoms with Crippen LogP contribution in [0.2, 0.25) is 0 Å². The lowest BCUT2D eigenvalue weighted by Gasteiger charge is -2.38. The van der Waals surface area contributed by atoms with Crippen LogP contribution in [-0.4, -0.2) is 68.9 Å². The predicted octanol–water partition coefficient (Wildman–Crippen LogP) is 3.61. The third kappa shape index (κ3) is 11.9. The summed E-state index contributed by atoms with van der Waals surface area (Å²) in [6, 6.07) is 0. The molecule has 0 aromatic heterocycles. The van der Waals surface area contributed by atoms with Gasteiger partial charge in [0.15, 0.2) is 0 Å². The van der Waals surface area contributed by atoms with Gasteiger partial charge in [0.2, 0.25) is 10.0 Å². The minimum Gasteiger partial charge on any atom is -0.463 e. The third-order valence-electron chi connectivity index (χ3n) is 5.78. The van der Waals surface area contributed by atoms with Crippen molar-refractivity contribution in [1.29, 1.82) is 0 Å². The van der Waals surface area contributed by atoms with Crippen molar-refractivity contribution in [3.63, 3.8) is 0 Å². The Balaban J connectivity index is 0.00000900. The van der Waals surface area contributed by atoms with Crippen molar-refractivity contribution >= 4 is 28.4 Å². The molecule has 31 heavy (non-hydrogen) atoms. The Kier molecular flexibility index (Phi) is 12.6. The lowest BCUT2D eigenvalue weighted by molar-refractivity contribution is -0.152. The Morgan fingerprint density at radius 3 is 2.13 bits per heavy atom. The van der Waals surface area contributed by atoms with Crippen molar-refractivity contribution in [1.82, 2.24) is 9.62 Å². The Morgan fingerprint density at radius 2 is 1.68 bits per heavy atom. The molecule has 0 amide bonds. The molecule has 2 atom stereocenters. The molecule has 0 spiro atoms. The van der Waals surface area contributed by atoms with E-state index >= 15 is 0 Å². The average molecular weight is 485 g/mol. The summed E-state index contributed by atoms with van der Waals surface area (Å²) in [5.74, 6) is 0.320. The van der Waals surface area contributed by atoms with Gasteiger partial charge < -0.3 is 14.8 Å². The molecule has 0 radical (unpaired) electrons. The zero-order valence-corrected chi connectivity index (χ0v) is 22.3. The number of hydrogen-bond donors (Lipinski definition) is 1. The minimum absolute atomic E-state index is 0. The highest BCUT2D eigenvalue weighted by molar-refractivity contribution is 7.88. The number of carbonyl (C=O) groups is 1. The fraction of sp³-hybridized carbons (Fsp3) is 0.955. The number of carbonyl (C=O) groups excluding carboxylic acids is 1. The van der Waals surface area contributed by atoms with E-state index in [1.165, 1.54) is 10.6 Å². The fourth-order valence-electron chi connectivity index (χ4n) is 3.47. The lowest BCUT2D eigenvalue weighted by atomic mass is 9.90. The number of rotatable bonds is 10. The maximum Gasteiger partial charge on any atom is 0.305 e. The lowest BCUT2D eigenvalue weighted by Crippen LogP contribution is -2.51. The Hall–Kier alpha value is -0.410. The number of esters is 1. The van der Waals surface area contributed by atoms with Gasteiger partial charge in [-0.2, -0.15) is 4.31 Å². The number of halogens is 1. The minimum atomic E-state index is -3.45. The zero-order valence-electron chi connectivity index (χ0n) is 20.7. The SMILES string of the molecule is C[C@H](O[C@H](COC(=O)CCC1CCNCC1)CN(C(C)(C)C)S(C)(=O)=O)C(C)(C)C.Cl. The quantitative estimate of drug-likeness (QED) is 0.477. The Labute approximate surface area is 196 Å². The van der Waals surface area contributed by atoms with E-state index < -0.39 is 21.7 Å². The van der Waals surface area contributed by atoms with E-state index in [0.717, 1.165) is 32.4 Å². The molecule has 1 saturated heterocycles. The van der Waals surface area contributed by atoms with Crippen LogP contribution in [0.15, 0.2) is 0 Å². The van der Waals surface area contributed by atoms with Gasteiger partial charge in [-0.1, -0.05) is 20.8 Å². The molecule has 1 rings (SSSR count). The summed E-state index contributed by atoms with van der Waals surface area (Å²) in [5.41, 5.74) is -0.714. The van der Waals surface area contributed by atoms with E-state index in [2.05, 4.69) is 26.1 Å². The molecule has 0 saturated carbocycles. The van der Waals surface area contributed by atoms with Crippen molar-refractivity contribution in [2.75, 3.05) is 32.5 Å². The van der Waals surface area contributed by atoms with Gasteiger partial charge in [0, 0.05) is 18.5 Å². The molecular weight excluding hydrogens is 440 g/mol. The topological polar surface area (TPSA) is 84.9 Å². The molecule has 186 valence electrons. The summed E-state index contributed by atoms with van der Waals surface area (Å²) in [5, 5.41) is 3.33. The van der Waals surface area contributed by atoms with E-state index in [9.17, 15) is 13.2 Å². The van der Waals surface area contributed by atoms with Crippen LogP contribution in [0.5, 0.6) is 0 Å². The average Bonchev–Trinajstić information content (AvgIpc) is 2.60. The number of piperidine rings is 1. The molecule has 0 bridgehead atoms. The van der Waals surface area contributed by atoms with Gasteiger partial charge in [-0.3, -0.25) is 4.79 Å². The molecule has 1 N–H and O–H groups in total. The number of ether oxygens (including phenoxy) is 2. The molecule has 1 fully saturated rings. The van der Waals surface area contributed by atoms with E-state index in [4.69, 9.17) is 9.47 Å². The third-order valence-corrected chi connectivity index (χ3v) is 7.28. The second-order valence-electron chi connectivity index (χ2n) is 10.6. The molecule has 0 aromatic rings. The standard InChI is InChI=1S/C22H44N2O5S.ClH/c1-17(21(2,3)4)29-19(15-24(22(5,6)7)30(8,26)27)16-28-20(25)10-9-18-11-13-23-14-12-18;/h17-19,23H,9-16H2,1-8H3;1H/t17-,19-;/m0./s1. The van der Waals surface area contributed by atoms with Gasteiger partial charge in [0.05, 0.1) is 12.4 Å². The van der Waals surface area contributed by atoms with Gasteiger partial charge in [-0.05, 0) is 71.4 Å². The van der Waals surface area contributed by atoms with Gasteiger partial charge in [0.1, 0.15) is 12.7 Å². The van der Waals surface area contributed by atoms with Crippen molar-refractivity contribution in [2.45, 2.75) is 91.9 Å². The monoisotopic (exact) mass is 484 g/mol. The first kappa shape index (κ1) is 30.6. The summed E-state index contributed by atoms with van der Waals surface area (Å²) in [6.45, 7) is 15.9. The van der Waals surface area contributed by atoms with Crippen molar-refractivity contribution < 1.29 is 22.7 Å². The molecule has 9 heteroatoms. The molecule has 0 unspecified atom stereocenters. The maximum absolute atomic E-state index is 12.4. The van der Waals surface area contributed by atoms with Gasteiger partial charge in [-0.15, -0.1) is 12.4 Å². The van der Waals surface area contributed by atoms with Crippen LogP contribution >= 0.6 is 12.4 Å². The van der Waals surface area contributed by atoms with Crippen LogP contribution in [0.25, 0.3) is 0 Å². The first-order valence-electron chi connectivity index (χ1n) is 11.1. The molecule has 1 heterocycles. The first-order valence-corrected chi connectivity index (χ1v) is 12.9. The van der Waals surface area contributed by atoms with Crippen LogP contribution in [0, 0.1) is 11.3 Å². The summed E-state index contributed by atoms with van der Waals surface area (Å²) >= 11 is 0. The largest absolute Gasteiger partial charge is 0.463 e. The van der Waals surface area contributed by atoms with Crippen LogP contribution in [-0.2, 0) is 24.3 Å². The molecular formula is C22H45ClN2O5S. The van der Waals surface area contributed by atoms with Crippen LogP contribution < -0.4 is 5.32 Å². The highest BCUT2D eigenvalue weighted by atomic mass is 35.5. The molecule has 0 aromatic carbocycles. The molecule has 1 aliphatic heterocycles. The van der Waals surface area contributed by atoms with E-state index in [0.29, 0.717) is 12.3 Å².